The quantitative estimate of drug-likeness (QED) is 0.473. The molecule has 0 saturated carbocycles. The first-order chi connectivity index (χ1) is 16.2. The lowest BCUT2D eigenvalue weighted by atomic mass is 10.0. The molecule has 1 aliphatic rings. The van der Waals surface area contributed by atoms with Gasteiger partial charge in [0.25, 0.3) is 5.95 Å². The fourth-order valence-corrected chi connectivity index (χ4v) is 4.00. The third-order valence-electron chi connectivity index (χ3n) is 5.50. The third kappa shape index (κ3) is 4.49. The summed E-state index contributed by atoms with van der Waals surface area (Å²) in [6.07, 6.45) is 2.08. The van der Waals surface area contributed by atoms with Crippen molar-refractivity contribution in [3.05, 3.63) is 113 Å². The summed E-state index contributed by atoms with van der Waals surface area (Å²) in [5, 5.41) is 16.0. The number of fused-ring (bicyclic) bond motifs is 1. The molecule has 1 N–H and O–H groups in total. The number of amides is 1. The van der Waals surface area contributed by atoms with Crippen molar-refractivity contribution in [2.75, 3.05) is 11.4 Å². The maximum Gasteiger partial charge on any atom is 0.251 e. The highest BCUT2D eigenvalue weighted by atomic mass is 35.5. The molecular formula is C25H21ClN6O. The molecule has 0 unspecified atom stereocenters. The first-order valence-corrected chi connectivity index (χ1v) is 11.0. The van der Waals surface area contributed by atoms with Crippen LogP contribution in [-0.4, -0.2) is 32.7 Å². The Morgan fingerprint density at radius 2 is 1.64 bits per heavy atom. The number of nitrogens with one attached hydrogen (secondary N) is 1. The normalized spacial score (nSPS) is 15.0. The Morgan fingerprint density at radius 1 is 0.939 bits per heavy atom. The van der Waals surface area contributed by atoms with Crippen LogP contribution in [0.4, 0.5) is 5.95 Å². The van der Waals surface area contributed by atoms with Crippen LogP contribution in [0.1, 0.15) is 22.7 Å². The largest absolute Gasteiger partial charge is 0.350 e. The highest BCUT2D eigenvalue weighted by Gasteiger charge is 2.31. The summed E-state index contributed by atoms with van der Waals surface area (Å²) in [6, 6.07) is 27.1. The van der Waals surface area contributed by atoms with Gasteiger partial charge in [-0.05, 0) is 45.3 Å². The second kappa shape index (κ2) is 9.26. The molecule has 4 aromatic rings. The second-order valence-electron chi connectivity index (χ2n) is 7.69. The van der Waals surface area contributed by atoms with Gasteiger partial charge in [0.15, 0.2) is 0 Å². The Labute approximate surface area is 196 Å². The lowest BCUT2D eigenvalue weighted by molar-refractivity contribution is -0.119. The van der Waals surface area contributed by atoms with Gasteiger partial charge in [0, 0.05) is 11.6 Å². The molecule has 33 heavy (non-hydrogen) atoms. The number of nitrogens with zero attached hydrogens (tertiary/aromatic N) is 5. The van der Waals surface area contributed by atoms with Gasteiger partial charge in [0.1, 0.15) is 12.6 Å². The van der Waals surface area contributed by atoms with Gasteiger partial charge in [-0.2, -0.15) is 4.68 Å². The van der Waals surface area contributed by atoms with Gasteiger partial charge in [-0.1, -0.05) is 89.5 Å². The van der Waals surface area contributed by atoms with E-state index in [1.165, 1.54) is 0 Å². The Bertz CT molecular complexity index is 1270. The molecular weight excluding hydrogens is 436 g/mol. The zero-order valence-electron chi connectivity index (χ0n) is 17.7. The number of carbonyl (C=O) groups is 1. The predicted molar refractivity (Wildman–Crippen MR) is 127 cm³/mol. The zero-order valence-corrected chi connectivity index (χ0v) is 18.4. The predicted octanol–water partition coefficient (Wildman–Crippen LogP) is 4.09. The van der Waals surface area contributed by atoms with Crippen LogP contribution in [0.25, 0.3) is 5.70 Å². The van der Waals surface area contributed by atoms with Gasteiger partial charge in [0.05, 0.1) is 5.70 Å². The monoisotopic (exact) mass is 456 g/mol. The molecule has 1 amide bonds. The molecule has 0 bridgehead atoms. The molecule has 3 aromatic carbocycles. The van der Waals surface area contributed by atoms with E-state index in [2.05, 4.69) is 26.9 Å². The van der Waals surface area contributed by atoms with Crippen molar-refractivity contribution < 1.29 is 4.79 Å². The SMILES string of the molecule is O=C(CN1C(c2ccccc2)=C[C@@H](c2ccc(Cl)cc2)n2nnnc21)NCc1ccccc1. The number of benzene rings is 3. The average molecular weight is 457 g/mol. The maximum atomic E-state index is 12.9. The lowest BCUT2D eigenvalue weighted by Gasteiger charge is -2.32. The Morgan fingerprint density at radius 3 is 2.36 bits per heavy atom. The summed E-state index contributed by atoms with van der Waals surface area (Å²) in [4.78, 5) is 14.8. The zero-order chi connectivity index (χ0) is 22.6. The second-order valence-corrected chi connectivity index (χ2v) is 8.12. The molecule has 0 aliphatic carbocycles. The van der Waals surface area contributed by atoms with Crippen LogP contribution >= 0.6 is 11.6 Å². The molecule has 164 valence electrons. The Balaban J connectivity index is 1.47. The van der Waals surface area contributed by atoms with Crippen molar-refractivity contribution in [1.82, 2.24) is 25.5 Å². The molecule has 8 heteroatoms. The number of hydrogen-bond acceptors (Lipinski definition) is 5. The molecule has 0 fully saturated rings. The third-order valence-corrected chi connectivity index (χ3v) is 5.75. The van der Waals surface area contributed by atoms with E-state index in [-0.39, 0.29) is 18.5 Å². The number of rotatable bonds is 6. The highest BCUT2D eigenvalue weighted by Crippen LogP contribution is 2.36. The molecule has 0 spiro atoms. The molecule has 1 aromatic heterocycles. The number of aromatic nitrogens is 4. The molecule has 7 nitrogen and oxygen atoms in total. The van der Waals surface area contributed by atoms with Crippen molar-refractivity contribution in [3.8, 4) is 0 Å². The van der Waals surface area contributed by atoms with E-state index in [1.54, 1.807) is 4.68 Å². The number of hydrogen-bond donors (Lipinski definition) is 1. The molecule has 5 rings (SSSR count). The van der Waals surface area contributed by atoms with E-state index in [0.717, 1.165) is 22.4 Å². The average Bonchev–Trinajstić information content (AvgIpc) is 3.35. The van der Waals surface area contributed by atoms with Crippen molar-refractivity contribution >= 4 is 29.2 Å². The van der Waals surface area contributed by atoms with Crippen molar-refractivity contribution in [2.24, 2.45) is 0 Å². The highest BCUT2D eigenvalue weighted by molar-refractivity contribution is 6.30. The van der Waals surface area contributed by atoms with Crippen LogP contribution in [0, 0.1) is 0 Å². The number of tetrazole rings is 1. The van der Waals surface area contributed by atoms with E-state index < -0.39 is 0 Å². The molecule has 1 aliphatic heterocycles. The fourth-order valence-electron chi connectivity index (χ4n) is 3.87. The smallest absolute Gasteiger partial charge is 0.251 e. The first kappa shape index (κ1) is 20.9. The summed E-state index contributed by atoms with van der Waals surface area (Å²) in [7, 11) is 0. The van der Waals surface area contributed by atoms with Crippen LogP contribution < -0.4 is 10.2 Å². The summed E-state index contributed by atoms with van der Waals surface area (Å²) in [6.45, 7) is 0.539. The van der Waals surface area contributed by atoms with E-state index in [1.807, 2.05) is 89.8 Å². The maximum absolute atomic E-state index is 12.9. The fraction of sp³-hybridized carbons (Fsp3) is 0.120. The summed E-state index contributed by atoms with van der Waals surface area (Å²) in [5.74, 6) is 0.381. The molecule has 2 heterocycles. The standard InChI is InChI=1S/C25H21ClN6O/c26-21-13-11-20(12-14-21)23-15-22(19-9-5-2-6-10-19)31(25-28-29-30-32(23)25)17-24(33)27-16-18-7-3-1-4-8-18/h1-15,23H,16-17H2,(H,27,33)/t23-/m0/s1. The van der Waals surface area contributed by atoms with Crippen LogP contribution in [0.5, 0.6) is 0 Å². The van der Waals surface area contributed by atoms with Crippen LogP contribution in [0.2, 0.25) is 5.02 Å². The molecule has 0 radical (unpaired) electrons. The van der Waals surface area contributed by atoms with E-state index in [4.69, 9.17) is 11.6 Å². The van der Waals surface area contributed by atoms with Crippen LogP contribution in [0.15, 0.2) is 91.0 Å². The number of allylic oxidation sites excluding steroid dienone is 1. The van der Waals surface area contributed by atoms with E-state index in [0.29, 0.717) is 17.5 Å². The van der Waals surface area contributed by atoms with Crippen molar-refractivity contribution in [2.45, 2.75) is 12.6 Å². The summed E-state index contributed by atoms with van der Waals surface area (Å²) in [5.41, 5.74) is 3.87. The number of halogens is 1. The van der Waals surface area contributed by atoms with Crippen molar-refractivity contribution in [3.63, 3.8) is 0 Å². The van der Waals surface area contributed by atoms with E-state index >= 15 is 0 Å². The first-order valence-electron chi connectivity index (χ1n) is 10.6. The lowest BCUT2D eigenvalue weighted by Crippen LogP contribution is -2.39. The van der Waals surface area contributed by atoms with Gasteiger partial charge in [-0.15, -0.1) is 0 Å². The van der Waals surface area contributed by atoms with Gasteiger partial charge >= 0.3 is 0 Å². The van der Waals surface area contributed by atoms with Gasteiger partial charge in [-0.3, -0.25) is 9.69 Å². The van der Waals surface area contributed by atoms with Crippen LogP contribution in [0.3, 0.4) is 0 Å². The van der Waals surface area contributed by atoms with Gasteiger partial charge in [0.2, 0.25) is 5.91 Å². The Kier molecular flexibility index (Phi) is 5.87. The van der Waals surface area contributed by atoms with Gasteiger partial charge in [-0.25, -0.2) is 0 Å². The Hall–Kier alpha value is -3.97. The number of anilines is 1. The number of carbonyl (C=O) groups excluding carboxylic acids is 1. The minimum atomic E-state index is -0.230. The van der Waals surface area contributed by atoms with Crippen molar-refractivity contribution in [1.29, 1.82) is 0 Å². The van der Waals surface area contributed by atoms with Crippen LogP contribution in [-0.2, 0) is 11.3 Å². The molecule has 1 atom stereocenters. The minimum absolute atomic E-state index is 0.0846. The summed E-state index contributed by atoms with van der Waals surface area (Å²) >= 11 is 6.09. The summed E-state index contributed by atoms with van der Waals surface area (Å²) < 4.78 is 1.72. The minimum Gasteiger partial charge on any atom is -0.350 e. The topological polar surface area (TPSA) is 75.9 Å². The van der Waals surface area contributed by atoms with E-state index in [9.17, 15) is 4.79 Å². The van der Waals surface area contributed by atoms with Gasteiger partial charge < -0.3 is 5.32 Å². The molecule has 0 saturated heterocycles.